The van der Waals surface area contributed by atoms with Gasteiger partial charge in [0.05, 0.1) is 12.1 Å². The topological polar surface area (TPSA) is 43.8 Å². The Kier molecular flexibility index (Phi) is 4.11. The van der Waals surface area contributed by atoms with Crippen molar-refractivity contribution in [1.82, 2.24) is 9.80 Å². The van der Waals surface area contributed by atoms with E-state index in [-0.39, 0.29) is 18.1 Å². The fraction of sp³-hybridized carbons (Fsp3) is 0.909. The minimum absolute atomic E-state index is 0.0738. The molecule has 0 saturated carbocycles. The zero-order valence-corrected chi connectivity index (χ0v) is 10.1. The van der Waals surface area contributed by atoms with Crippen LogP contribution in [-0.4, -0.2) is 60.1 Å². The Labute approximate surface area is 91.9 Å². The Balaban J connectivity index is 2.64. The first kappa shape index (κ1) is 12.5. The van der Waals surface area contributed by atoms with E-state index in [0.717, 1.165) is 0 Å². The molecular weight excluding hydrogens is 192 g/mol. The first-order valence-corrected chi connectivity index (χ1v) is 5.56. The van der Waals surface area contributed by atoms with Gasteiger partial charge in [-0.25, -0.2) is 0 Å². The number of likely N-dealkylation sites (N-methyl/N-ethyl adjacent to an activating group) is 1. The van der Waals surface area contributed by atoms with Gasteiger partial charge in [-0.3, -0.25) is 9.69 Å². The SMILES string of the molecule is CC(C)C(C(=O)N1CC[C@@H](O)C1)N(C)C. The van der Waals surface area contributed by atoms with Gasteiger partial charge in [-0.05, 0) is 26.4 Å². The van der Waals surface area contributed by atoms with Crippen LogP contribution in [0.3, 0.4) is 0 Å². The second-order valence-corrected chi connectivity index (χ2v) is 4.88. The fourth-order valence-electron chi connectivity index (χ4n) is 2.23. The van der Waals surface area contributed by atoms with Crippen LogP contribution < -0.4 is 0 Å². The van der Waals surface area contributed by atoms with Crippen molar-refractivity contribution in [2.75, 3.05) is 27.2 Å². The average Bonchev–Trinajstić information content (AvgIpc) is 2.50. The molecule has 4 heteroatoms. The van der Waals surface area contributed by atoms with E-state index in [2.05, 4.69) is 13.8 Å². The number of carbonyl (C=O) groups is 1. The van der Waals surface area contributed by atoms with Crippen molar-refractivity contribution in [2.45, 2.75) is 32.4 Å². The standard InChI is InChI=1S/C11H22N2O2/c1-8(2)10(12(3)4)11(15)13-6-5-9(14)7-13/h8-10,14H,5-7H2,1-4H3/t9-,10?/m1/s1. The Bertz CT molecular complexity index is 221. The summed E-state index contributed by atoms with van der Waals surface area (Å²) in [5.41, 5.74) is 0. The van der Waals surface area contributed by atoms with Crippen LogP contribution >= 0.6 is 0 Å². The highest BCUT2D eigenvalue weighted by molar-refractivity contribution is 5.82. The molecule has 0 radical (unpaired) electrons. The van der Waals surface area contributed by atoms with Gasteiger partial charge >= 0.3 is 0 Å². The van der Waals surface area contributed by atoms with Crippen molar-refractivity contribution in [3.05, 3.63) is 0 Å². The maximum Gasteiger partial charge on any atom is 0.240 e. The van der Waals surface area contributed by atoms with E-state index >= 15 is 0 Å². The van der Waals surface area contributed by atoms with Crippen LogP contribution in [0.25, 0.3) is 0 Å². The maximum absolute atomic E-state index is 12.1. The molecule has 0 aromatic heterocycles. The molecule has 0 bridgehead atoms. The monoisotopic (exact) mass is 214 g/mol. The van der Waals surface area contributed by atoms with Gasteiger partial charge in [-0.2, -0.15) is 0 Å². The van der Waals surface area contributed by atoms with Crippen molar-refractivity contribution >= 4 is 5.91 Å². The number of nitrogens with zero attached hydrogens (tertiary/aromatic N) is 2. The number of amides is 1. The molecule has 1 heterocycles. The zero-order valence-electron chi connectivity index (χ0n) is 10.1. The van der Waals surface area contributed by atoms with Crippen LogP contribution in [0, 0.1) is 5.92 Å². The van der Waals surface area contributed by atoms with Crippen LogP contribution in [0.4, 0.5) is 0 Å². The second-order valence-electron chi connectivity index (χ2n) is 4.88. The first-order chi connectivity index (χ1) is 6.93. The van der Waals surface area contributed by atoms with Gasteiger partial charge in [-0.1, -0.05) is 13.8 Å². The number of hydrogen-bond donors (Lipinski definition) is 1. The molecule has 1 aliphatic heterocycles. The molecule has 0 spiro atoms. The Hall–Kier alpha value is -0.610. The zero-order chi connectivity index (χ0) is 11.6. The van der Waals surface area contributed by atoms with E-state index in [4.69, 9.17) is 0 Å². The highest BCUT2D eigenvalue weighted by Gasteiger charge is 2.32. The first-order valence-electron chi connectivity index (χ1n) is 5.56. The number of hydrogen-bond acceptors (Lipinski definition) is 3. The molecule has 0 aromatic carbocycles. The number of likely N-dealkylation sites (tertiary alicyclic amines) is 1. The lowest BCUT2D eigenvalue weighted by Crippen LogP contribution is -2.48. The van der Waals surface area contributed by atoms with E-state index in [1.54, 1.807) is 4.90 Å². The quantitative estimate of drug-likeness (QED) is 0.728. The smallest absolute Gasteiger partial charge is 0.240 e. The molecule has 2 atom stereocenters. The summed E-state index contributed by atoms with van der Waals surface area (Å²) in [6.07, 6.45) is 0.383. The van der Waals surface area contributed by atoms with Gasteiger partial charge < -0.3 is 10.0 Å². The summed E-state index contributed by atoms with van der Waals surface area (Å²) in [5.74, 6) is 0.441. The molecular formula is C11H22N2O2. The molecule has 15 heavy (non-hydrogen) atoms. The van der Waals surface area contributed by atoms with E-state index in [1.165, 1.54) is 0 Å². The number of rotatable bonds is 3. The van der Waals surface area contributed by atoms with Crippen molar-refractivity contribution in [2.24, 2.45) is 5.92 Å². The minimum atomic E-state index is -0.330. The summed E-state index contributed by atoms with van der Waals surface area (Å²) in [4.78, 5) is 15.9. The summed E-state index contributed by atoms with van der Waals surface area (Å²) in [6, 6.07) is -0.0738. The largest absolute Gasteiger partial charge is 0.391 e. The molecule has 1 N–H and O–H groups in total. The van der Waals surface area contributed by atoms with Crippen LogP contribution in [0.2, 0.25) is 0 Å². The molecule has 4 nitrogen and oxygen atoms in total. The lowest BCUT2D eigenvalue weighted by Gasteiger charge is -2.30. The summed E-state index contributed by atoms with van der Waals surface area (Å²) in [6.45, 7) is 5.29. The third-order valence-electron chi connectivity index (χ3n) is 2.92. The van der Waals surface area contributed by atoms with E-state index in [0.29, 0.717) is 25.4 Å². The summed E-state index contributed by atoms with van der Waals surface area (Å²) in [5, 5.41) is 9.40. The second kappa shape index (κ2) is 4.94. The number of β-amino-alcohol motifs (C(OH)–C–C–N with tert-alkyl or cyclic N) is 1. The van der Waals surface area contributed by atoms with Crippen LogP contribution in [-0.2, 0) is 4.79 Å². The van der Waals surface area contributed by atoms with Crippen LogP contribution in [0.1, 0.15) is 20.3 Å². The molecule has 1 aliphatic rings. The average molecular weight is 214 g/mol. The lowest BCUT2D eigenvalue weighted by atomic mass is 10.0. The van der Waals surface area contributed by atoms with Gasteiger partial charge in [-0.15, -0.1) is 0 Å². The van der Waals surface area contributed by atoms with E-state index in [9.17, 15) is 9.90 Å². The van der Waals surface area contributed by atoms with Crippen molar-refractivity contribution in [1.29, 1.82) is 0 Å². The number of carbonyl (C=O) groups excluding carboxylic acids is 1. The van der Waals surface area contributed by atoms with Crippen LogP contribution in [0.5, 0.6) is 0 Å². The van der Waals surface area contributed by atoms with Gasteiger partial charge in [0.2, 0.25) is 5.91 Å². The van der Waals surface area contributed by atoms with Crippen LogP contribution in [0.15, 0.2) is 0 Å². The van der Waals surface area contributed by atoms with Crippen molar-refractivity contribution in [3.8, 4) is 0 Å². The molecule has 0 aliphatic carbocycles. The number of aliphatic hydroxyl groups is 1. The molecule has 1 rings (SSSR count). The number of aliphatic hydroxyl groups excluding tert-OH is 1. The third-order valence-corrected chi connectivity index (χ3v) is 2.92. The minimum Gasteiger partial charge on any atom is -0.391 e. The van der Waals surface area contributed by atoms with E-state index in [1.807, 2.05) is 19.0 Å². The highest BCUT2D eigenvalue weighted by Crippen LogP contribution is 2.16. The summed E-state index contributed by atoms with van der Waals surface area (Å²) in [7, 11) is 3.85. The van der Waals surface area contributed by atoms with Gasteiger partial charge in [0.15, 0.2) is 0 Å². The lowest BCUT2D eigenvalue weighted by molar-refractivity contribution is -0.136. The predicted octanol–water partition coefficient (Wildman–Crippen LogP) is 0.166. The Morgan fingerprint density at radius 1 is 1.47 bits per heavy atom. The summed E-state index contributed by atoms with van der Waals surface area (Å²) >= 11 is 0. The normalized spacial score (nSPS) is 23.9. The molecule has 0 aromatic rings. The molecule has 1 saturated heterocycles. The van der Waals surface area contributed by atoms with Crippen molar-refractivity contribution < 1.29 is 9.90 Å². The Morgan fingerprint density at radius 2 is 2.07 bits per heavy atom. The fourth-order valence-corrected chi connectivity index (χ4v) is 2.23. The molecule has 1 unspecified atom stereocenters. The maximum atomic E-state index is 12.1. The molecule has 1 fully saturated rings. The third kappa shape index (κ3) is 2.92. The summed E-state index contributed by atoms with van der Waals surface area (Å²) < 4.78 is 0. The highest BCUT2D eigenvalue weighted by atomic mass is 16.3. The van der Waals surface area contributed by atoms with Gasteiger partial charge in [0.1, 0.15) is 0 Å². The van der Waals surface area contributed by atoms with E-state index < -0.39 is 0 Å². The van der Waals surface area contributed by atoms with Crippen molar-refractivity contribution in [3.63, 3.8) is 0 Å². The Morgan fingerprint density at radius 3 is 2.40 bits per heavy atom. The molecule has 1 amide bonds. The van der Waals surface area contributed by atoms with Gasteiger partial charge in [0.25, 0.3) is 0 Å². The van der Waals surface area contributed by atoms with Gasteiger partial charge in [0, 0.05) is 13.1 Å². The molecule has 88 valence electrons. The predicted molar refractivity (Wildman–Crippen MR) is 59.5 cm³/mol.